The number of rotatable bonds is 5. The van der Waals surface area contributed by atoms with Gasteiger partial charge in [0.1, 0.15) is 5.82 Å². The van der Waals surface area contributed by atoms with Crippen molar-refractivity contribution in [1.29, 1.82) is 0 Å². The smallest absolute Gasteiger partial charge is 0.253 e. The van der Waals surface area contributed by atoms with Crippen LogP contribution in [0, 0.1) is 5.82 Å². The van der Waals surface area contributed by atoms with Crippen molar-refractivity contribution >= 4 is 5.91 Å². The monoisotopic (exact) mass is 336 g/mol. The predicted molar refractivity (Wildman–Crippen MR) is 97.4 cm³/mol. The van der Waals surface area contributed by atoms with Crippen LogP contribution < -0.4 is 5.32 Å². The highest BCUT2D eigenvalue weighted by Gasteiger charge is 2.23. The fourth-order valence-corrected chi connectivity index (χ4v) is 2.92. The molecule has 4 heteroatoms. The van der Waals surface area contributed by atoms with Crippen molar-refractivity contribution in [2.45, 2.75) is 25.8 Å². The fourth-order valence-electron chi connectivity index (χ4n) is 2.92. The quantitative estimate of drug-likeness (QED) is 0.738. The number of hydrogen-bond acceptors (Lipinski definition) is 1. The van der Waals surface area contributed by atoms with Gasteiger partial charge < -0.3 is 9.88 Å². The summed E-state index contributed by atoms with van der Waals surface area (Å²) in [6.07, 6.45) is 4.44. The Hall–Kier alpha value is -2.88. The minimum Gasteiger partial charge on any atom is -0.347 e. The molecule has 1 aromatic heterocycles. The third-order valence-corrected chi connectivity index (χ3v) is 4.04. The van der Waals surface area contributed by atoms with E-state index in [1.165, 1.54) is 12.1 Å². The van der Waals surface area contributed by atoms with Crippen LogP contribution >= 0.6 is 0 Å². The third kappa shape index (κ3) is 4.15. The van der Waals surface area contributed by atoms with Crippen LogP contribution in [0.2, 0.25) is 0 Å². The van der Waals surface area contributed by atoms with Crippen LogP contribution in [-0.4, -0.2) is 16.0 Å². The Morgan fingerprint density at radius 2 is 1.64 bits per heavy atom. The molecule has 0 fully saturated rings. The third-order valence-electron chi connectivity index (χ3n) is 4.04. The lowest BCUT2D eigenvalue weighted by Gasteiger charge is -2.27. The molecular weight excluding hydrogens is 315 g/mol. The normalized spacial score (nSPS) is 11.3. The lowest BCUT2D eigenvalue weighted by molar-refractivity contribution is 0.0913. The molecule has 1 N–H and O–H groups in total. The van der Waals surface area contributed by atoms with Crippen molar-refractivity contribution in [1.82, 2.24) is 9.88 Å². The van der Waals surface area contributed by atoms with E-state index in [1.807, 2.05) is 67.2 Å². The van der Waals surface area contributed by atoms with E-state index in [-0.39, 0.29) is 11.7 Å². The number of benzene rings is 2. The van der Waals surface area contributed by atoms with Gasteiger partial charge in [-0.25, -0.2) is 4.39 Å². The summed E-state index contributed by atoms with van der Waals surface area (Å²) in [6, 6.07) is 17.7. The standard InChI is InChI=1S/C21H21FN2O/c1-21(2,15-16-9-11-17(22)12-10-16)23-20(25)18-7-3-4-8-19(18)24-13-5-6-14-24/h3-14H,15H2,1-2H3,(H,23,25). The molecule has 0 saturated heterocycles. The molecule has 3 rings (SSSR count). The van der Waals surface area contributed by atoms with Gasteiger partial charge in [0.25, 0.3) is 5.91 Å². The van der Waals surface area contributed by atoms with Crippen molar-refractivity contribution in [3.63, 3.8) is 0 Å². The predicted octanol–water partition coefficient (Wildman–Crippen LogP) is 4.37. The molecule has 0 spiro atoms. The van der Waals surface area contributed by atoms with E-state index in [4.69, 9.17) is 0 Å². The van der Waals surface area contributed by atoms with E-state index < -0.39 is 5.54 Å². The van der Waals surface area contributed by atoms with Gasteiger partial charge in [-0.3, -0.25) is 4.79 Å². The average Bonchev–Trinajstić information content (AvgIpc) is 3.11. The molecule has 0 aliphatic carbocycles. The zero-order valence-corrected chi connectivity index (χ0v) is 14.4. The molecule has 1 amide bonds. The number of carbonyl (C=O) groups excluding carboxylic acids is 1. The van der Waals surface area contributed by atoms with Crippen molar-refractivity contribution in [2.75, 3.05) is 0 Å². The maximum Gasteiger partial charge on any atom is 0.253 e. The Morgan fingerprint density at radius 1 is 1.00 bits per heavy atom. The van der Waals surface area contributed by atoms with E-state index in [0.29, 0.717) is 12.0 Å². The topological polar surface area (TPSA) is 34.0 Å². The van der Waals surface area contributed by atoms with Gasteiger partial charge in [-0.05, 0) is 62.2 Å². The molecule has 128 valence electrons. The molecular formula is C21H21FN2O. The SMILES string of the molecule is CC(C)(Cc1ccc(F)cc1)NC(=O)c1ccccc1-n1cccc1. The van der Waals surface area contributed by atoms with Gasteiger partial charge in [0, 0.05) is 17.9 Å². The van der Waals surface area contributed by atoms with Gasteiger partial charge in [0.2, 0.25) is 0 Å². The summed E-state index contributed by atoms with van der Waals surface area (Å²) in [5.74, 6) is -0.386. The number of hydrogen-bond donors (Lipinski definition) is 1. The number of carbonyl (C=O) groups is 1. The molecule has 0 unspecified atom stereocenters. The van der Waals surface area contributed by atoms with E-state index in [1.54, 1.807) is 12.1 Å². The van der Waals surface area contributed by atoms with E-state index in [9.17, 15) is 9.18 Å². The number of para-hydroxylation sites is 1. The summed E-state index contributed by atoms with van der Waals surface area (Å²) in [6.45, 7) is 3.93. The number of aromatic nitrogens is 1. The minimum atomic E-state index is -0.460. The average molecular weight is 336 g/mol. The van der Waals surface area contributed by atoms with Crippen molar-refractivity contribution in [3.05, 3.63) is 90.0 Å². The second-order valence-corrected chi connectivity index (χ2v) is 6.75. The Bertz CT molecular complexity index is 852. The summed E-state index contributed by atoms with van der Waals surface area (Å²) >= 11 is 0. The van der Waals surface area contributed by atoms with Crippen LogP contribution in [0.3, 0.4) is 0 Å². The van der Waals surface area contributed by atoms with Gasteiger partial charge in [0.15, 0.2) is 0 Å². The van der Waals surface area contributed by atoms with Crippen LogP contribution in [0.15, 0.2) is 73.1 Å². The van der Waals surface area contributed by atoms with Crippen LogP contribution in [-0.2, 0) is 6.42 Å². The van der Waals surface area contributed by atoms with Gasteiger partial charge in [-0.15, -0.1) is 0 Å². The van der Waals surface area contributed by atoms with Gasteiger partial charge >= 0.3 is 0 Å². The molecule has 3 aromatic rings. The Kier molecular flexibility index (Phi) is 4.70. The highest BCUT2D eigenvalue weighted by molar-refractivity contribution is 5.98. The van der Waals surface area contributed by atoms with Crippen molar-refractivity contribution in [3.8, 4) is 5.69 Å². The zero-order valence-electron chi connectivity index (χ0n) is 14.4. The van der Waals surface area contributed by atoms with Crippen molar-refractivity contribution in [2.24, 2.45) is 0 Å². The van der Waals surface area contributed by atoms with Crippen LogP contribution in [0.4, 0.5) is 4.39 Å². The molecule has 0 aliphatic rings. The second-order valence-electron chi connectivity index (χ2n) is 6.75. The first-order chi connectivity index (χ1) is 11.9. The summed E-state index contributed by atoms with van der Waals surface area (Å²) in [5.41, 5.74) is 1.97. The largest absolute Gasteiger partial charge is 0.347 e. The molecule has 3 nitrogen and oxygen atoms in total. The first-order valence-corrected chi connectivity index (χ1v) is 8.24. The van der Waals surface area contributed by atoms with Crippen LogP contribution in [0.25, 0.3) is 5.69 Å². The molecule has 25 heavy (non-hydrogen) atoms. The molecule has 0 aliphatic heterocycles. The number of halogens is 1. The first-order valence-electron chi connectivity index (χ1n) is 8.24. The molecule has 0 bridgehead atoms. The molecule has 0 radical (unpaired) electrons. The molecule has 1 heterocycles. The molecule has 0 saturated carbocycles. The Balaban J connectivity index is 1.79. The van der Waals surface area contributed by atoms with E-state index >= 15 is 0 Å². The molecule has 0 atom stereocenters. The number of amides is 1. The summed E-state index contributed by atoms with van der Waals surface area (Å²) < 4.78 is 15.0. The Labute approximate surface area is 147 Å². The summed E-state index contributed by atoms with van der Waals surface area (Å²) in [7, 11) is 0. The number of nitrogens with one attached hydrogen (secondary N) is 1. The zero-order chi connectivity index (χ0) is 17.9. The highest BCUT2D eigenvalue weighted by atomic mass is 19.1. The lowest BCUT2D eigenvalue weighted by atomic mass is 9.94. The van der Waals surface area contributed by atoms with E-state index in [0.717, 1.165) is 11.3 Å². The summed E-state index contributed by atoms with van der Waals surface area (Å²) in [4.78, 5) is 12.8. The summed E-state index contributed by atoms with van der Waals surface area (Å²) in [5, 5.41) is 3.09. The maximum absolute atomic E-state index is 13.1. The van der Waals surface area contributed by atoms with Crippen LogP contribution in [0.5, 0.6) is 0 Å². The maximum atomic E-state index is 13.1. The minimum absolute atomic E-state index is 0.128. The Morgan fingerprint density at radius 3 is 2.32 bits per heavy atom. The van der Waals surface area contributed by atoms with E-state index in [2.05, 4.69) is 5.32 Å². The van der Waals surface area contributed by atoms with Crippen molar-refractivity contribution < 1.29 is 9.18 Å². The first kappa shape index (κ1) is 17.0. The number of nitrogens with zero attached hydrogens (tertiary/aromatic N) is 1. The lowest BCUT2D eigenvalue weighted by Crippen LogP contribution is -2.45. The van der Waals surface area contributed by atoms with Gasteiger partial charge in [0.05, 0.1) is 11.3 Å². The highest BCUT2D eigenvalue weighted by Crippen LogP contribution is 2.18. The van der Waals surface area contributed by atoms with Crippen LogP contribution in [0.1, 0.15) is 29.8 Å². The second kappa shape index (κ2) is 6.93. The molecule has 2 aromatic carbocycles. The fraction of sp³-hybridized carbons (Fsp3) is 0.190. The van der Waals surface area contributed by atoms with Gasteiger partial charge in [-0.1, -0.05) is 24.3 Å². The van der Waals surface area contributed by atoms with Gasteiger partial charge in [-0.2, -0.15) is 0 Å².